The molecular formula is C14H17NO4S. The molecule has 0 unspecified atom stereocenters. The first-order chi connectivity index (χ1) is 9.27. The summed E-state index contributed by atoms with van der Waals surface area (Å²) < 4.78 is 23.1. The molecular weight excluding hydrogens is 278 g/mol. The molecule has 0 aliphatic heterocycles. The summed E-state index contributed by atoms with van der Waals surface area (Å²) in [5.41, 5.74) is 2.16. The van der Waals surface area contributed by atoms with E-state index >= 15 is 0 Å². The minimum absolute atomic E-state index is 0.108. The zero-order valence-electron chi connectivity index (χ0n) is 11.4. The van der Waals surface area contributed by atoms with Crippen LogP contribution in [0, 0.1) is 23.0 Å². The van der Waals surface area contributed by atoms with E-state index < -0.39 is 25.5 Å². The smallest absolute Gasteiger partial charge is 0.263 e. The van der Waals surface area contributed by atoms with E-state index in [9.17, 15) is 18.5 Å². The number of allylic oxidation sites excluding steroid dienone is 1. The Labute approximate surface area is 118 Å². The quantitative estimate of drug-likeness (QED) is 0.617. The van der Waals surface area contributed by atoms with E-state index in [1.165, 1.54) is 0 Å². The molecule has 0 amide bonds. The Morgan fingerprint density at radius 3 is 2.45 bits per heavy atom. The second-order valence-corrected chi connectivity index (χ2v) is 7.58. The van der Waals surface area contributed by atoms with Crippen LogP contribution < -0.4 is 0 Å². The van der Waals surface area contributed by atoms with Crippen molar-refractivity contribution in [2.75, 3.05) is 6.26 Å². The monoisotopic (exact) mass is 295 g/mol. The van der Waals surface area contributed by atoms with Crippen molar-refractivity contribution in [2.24, 2.45) is 5.92 Å². The number of aryl methyl sites for hydroxylation is 1. The lowest BCUT2D eigenvalue weighted by Gasteiger charge is -2.05. The van der Waals surface area contributed by atoms with Crippen molar-refractivity contribution in [3.63, 3.8) is 0 Å². The topological polar surface area (TPSA) is 77.3 Å². The van der Waals surface area contributed by atoms with Crippen molar-refractivity contribution < 1.29 is 13.3 Å². The van der Waals surface area contributed by atoms with E-state index in [1.54, 1.807) is 0 Å². The summed E-state index contributed by atoms with van der Waals surface area (Å²) in [5, 5.41) is 11.0. The number of rotatable bonds is 5. The van der Waals surface area contributed by atoms with Crippen LogP contribution in [0.1, 0.15) is 24.0 Å². The van der Waals surface area contributed by atoms with Crippen LogP contribution in [0.4, 0.5) is 0 Å². The van der Waals surface area contributed by atoms with Crippen molar-refractivity contribution in [1.82, 2.24) is 0 Å². The summed E-state index contributed by atoms with van der Waals surface area (Å²) in [5.74, 6) is -0.422. The van der Waals surface area contributed by atoms with Gasteiger partial charge in [0.1, 0.15) is 0 Å². The van der Waals surface area contributed by atoms with Gasteiger partial charge in [0.25, 0.3) is 0 Å². The maximum atomic E-state index is 11.6. The molecule has 1 saturated carbocycles. The Bertz CT molecular complexity index is 648. The molecule has 0 heterocycles. The Balaban J connectivity index is 2.03. The van der Waals surface area contributed by atoms with Gasteiger partial charge >= 0.3 is 4.87 Å². The van der Waals surface area contributed by atoms with Crippen molar-refractivity contribution in [3.05, 3.63) is 51.6 Å². The molecule has 108 valence electrons. The van der Waals surface area contributed by atoms with Crippen LogP contribution in [-0.2, 0) is 9.84 Å². The number of hydrogen-bond acceptors (Lipinski definition) is 4. The van der Waals surface area contributed by atoms with Gasteiger partial charge in [-0.25, -0.2) is 8.42 Å². The number of nitrogens with zero attached hydrogens (tertiary/aromatic N) is 1. The van der Waals surface area contributed by atoms with Gasteiger partial charge in [0.15, 0.2) is 0 Å². The normalized spacial score (nSPS) is 25.8. The average Bonchev–Trinajstić information content (AvgIpc) is 3.07. The van der Waals surface area contributed by atoms with Crippen molar-refractivity contribution >= 4 is 15.9 Å². The summed E-state index contributed by atoms with van der Waals surface area (Å²) in [7, 11) is -3.67. The molecule has 20 heavy (non-hydrogen) atoms. The average molecular weight is 295 g/mol. The highest BCUT2D eigenvalue weighted by Gasteiger charge is 2.73. The fourth-order valence-electron chi connectivity index (χ4n) is 2.42. The minimum Gasteiger partial charge on any atom is -0.263 e. The van der Waals surface area contributed by atoms with Gasteiger partial charge in [0.2, 0.25) is 9.84 Å². The molecule has 2 rings (SSSR count). The maximum absolute atomic E-state index is 11.6. The third-order valence-corrected chi connectivity index (χ3v) is 5.71. The lowest BCUT2D eigenvalue weighted by atomic mass is 10.1. The molecule has 5 nitrogen and oxygen atoms in total. The molecule has 2 atom stereocenters. The second kappa shape index (κ2) is 5.01. The van der Waals surface area contributed by atoms with Gasteiger partial charge in [-0.05, 0) is 18.9 Å². The van der Waals surface area contributed by atoms with Crippen molar-refractivity contribution in [2.45, 2.75) is 24.6 Å². The second-order valence-electron chi connectivity index (χ2n) is 5.32. The van der Waals surface area contributed by atoms with Crippen molar-refractivity contribution in [1.29, 1.82) is 0 Å². The minimum atomic E-state index is -3.67. The van der Waals surface area contributed by atoms with Crippen LogP contribution in [0.2, 0.25) is 0 Å². The van der Waals surface area contributed by atoms with Crippen LogP contribution in [0.25, 0.3) is 6.08 Å². The van der Waals surface area contributed by atoms with Gasteiger partial charge in [0, 0.05) is 17.6 Å². The lowest BCUT2D eigenvalue weighted by molar-refractivity contribution is -0.515. The molecule has 0 radical (unpaired) electrons. The van der Waals surface area contributed by atoms with Gasteiger partial charge in [-0.1, -0.05) is 42.0 Å². The van der Waals surface area contributed by atoms with Crippen LogP contribution in [0.5, 0.6) is 0 Å². The Kier molecular flexibility index (Phi) is 3.69. The molecule has 0 spiro atoms. The van der Waals surface area contributed by atoms with E-state index in [0.29, 0.717) is 6.42 Å². The number of sulfone groups is 1. The third-order valence-electron chi connectivity index (χ3n) is 3.78. The zero-order chi connectivity index (χ0) is 15.0. The first-order valence-electron chi connectivity index (χ1n) is 6.34. The van der Waals surface area contributed by atoms with Gasteiger partial charge in [-0.15, -0.1) is 0 Å². The molecule has 0 aromatic heterocycles. The van der Waals surface area contributed by atoms with Crippen LogP contribution in [-0.4, -0.2) is 24.5 Å². The molecule has 0 N–H and O–H groups in total. The summed E-state index contributed by atoms with van der Waals surface area (Å²) >= 11 is 0. The summed E-state index contributed by atoms with van der Waals surface area (Å²) in [6.45, 7) is 2.00. The van der Waals surface area contributed by atoms with Gasteiger partial charge in [-0.3, -0.25) is 10.1 Å². The molecule has 1 aromatic carbocycles. The van der Waals surface area contributed by atoms with E-state index in [1.807, 2.05) is 43.3 Å². The first kappa shape index (κ1) is 14.7. The van der Waals surface area contributed by atoms with Gasteiger partial charge in [0.05, 0.1) is 5.92 Å². The highest BCUT2D eigenvalue weighted by molar-refractivity contribution is 7.92. The van der Waals surface area contributed by atoms with E-state index in [4.69, 9.17) is 0 Å². The zero-order valence-corrected chi connectivity index (χ0v) is 12.3. The Morgan fingerprint density at radius 2 is 2.00 bits per heavy atom. The van der Waals surface area contributed by atoms with Crippen molar-refractivity contribution in [3.8, 4) is 0 Å². The number of nitro groups is 1. The van der Waals surface area contributed by atoms with Crippen LogP contribution >= 0.6 is 0 Å². The molecule has 6 heteroatoms. The summed E-state index contributed by atoms with van der Waals surface area (Å²) in [6, 6.07) is 7.87. The fourth-order valence-corrected chi connectivity index (χ4v) is 3.90. The maximum Gasteiger partial charge on any atom is 0.322 e. The molecule has 1 aliphatic rings. The van der Waals surface area contributed by atoms with E-state index in [-0.39, 0.29) is 6.42 Å². The van der Waals surface area contributed by atoms with Gasteiger partial charge < -0.3 is 0 Å². The SMILES string of the molecule is Cc1ccc(/C=C/C[C@H]2C[C@@]2([N+](=O)[O-])S(C)(=O)=O)cc1. The van der Waals surface area contributed by atoms with E-state index in [2.05, 4.69) is 0 Å². The predicted octanol–water partition coefficient (Wildman–Crippen LogP) is 2.44. The Hall–Kier alpha value is -1.69. The number of benzene rings is 1. The highest BCUT2D eigenvalue weighted by atomic mass is 32.2. The fraction of sp³-hybridized carbons (Fsp3) is 0.429. The molecule has 1 aromatic rings. The molecule has 1 aliphatic carbocycles. The van der Waals surface area contributed by atoms with Gasteiger partial charge in [-0.2, -0.15) is 0 Å². The molecule has 1 fully saturated rings. The highest BCUT2D eigenvalue weighted by Crippen LogP contribution is 2.52. The summed E-state index contributed by atoms with van der Waals surface area (Å²) in [4.78, 5) is 8.61. The Morgan fingerprint density at radius 1 is 1.40 bits per heavy atom. The third kappa shape index (κ3) is 2.60. The van der Waals surface area contributed by atoms with Crippen LogP contribution in [0.15, 0.2) is 30.3 Å². The van der Waals surface area contributed by atoms with E-state index in [0.717, 1.165) is 17.4 Å². The lowest BCUT2D eigenvalue weighted by Crippen LogP contribution is -2.33. The largest absolute Gasteiger partial charge is 0.322 e. The predicted molar refractivity (Wildman–Crippen MR) is 77.5 cm³/mol. The summed E-state index contributed by atoms with van der Waals surface area (Å²) in [6.07, 6.45) is 5.13. The molecule has 0 saturated heterocycles. The first-order valence-corrected chi connectivity index (χ1v) is 8.24. The van der Waals surface area contributed by atoms with Crippen LogP contribution in [0.3, 0.4) is 0 Å². The standard InChI is InChI=1S/C14H17NO4S/c1-11-6-8-12(9-7-11)4-3-5-13-10-14(13,15(16)17)20(2,18)19/h3-4,6-9,13H,5,10H2,1-2H3/b4-3+/t13-,14+/m0/s1. The number of hydrogen-bond donors (Lipinski definition) is 0. The molecule has 0 bridgehead atoms.